The quantitative estimate of drug-likeness (QED) is 0.709. The summed E-state index contributed by atoms with van der Waals surface area (Å²) in [4.78, 5) is 1.55. The summed E-state index contributed by atoms with van der Waals surface area (Å²) in [6.45, 7) is 0. The molecule has 0 spiro atoms. The fourth-order valence-electron chi connectivity index (χ4n) is 1.82. The van der Waals surface area contributed by atoms with E-state index in [1.54, 1.807) is 4.88 Å². The lowest BCUT2D eigenvalue weighted by atomic mass is 9.68. The molecule has 1 aromatic rings. The number of halogens is 1. The molecular weight excluding hydrogens is 232 g/mol. The maximum atomic E-state index is 3.63. The van der Waals surface area contributed by atoms with E-state index in [0.717, 1.165) is 0 Å². The lowest BCUT2D eigenvalue weighted by molar-refractivity contribution is 0.171. The topological polar surface area (TPSA) is 0 Å². The zero-order valence-corrected chi connectivity index (χ0v) is 9.46. The molecule has 2 heteroatoms. The van der Waals surface area contributed by atoms with E-state index in [4.69, 9.17) is 0 Å². The van der Waals surface area contributed by atoms with Crippen LogP contribution in [0, 0.1) is 5.41 Å². The third kappa shape index (κ3) is 1.60. The second-order valence-corrected chi connectivity index (χ2v) is 5.34. The lowest BCUT2D eigenvalue weighted by Gasteiger charge is -2.40. The summed E-state index contributed by atoms with van der Waals surface area (Å²) in [6.07, 6.45) is 5.54. The van der Waals surface area contributed by atoms with E-state index in [0.29, 0.717) is 5.41 Å². The Kier molecular flexibility index (Phi) is 2.56. The Morgan fingerprint density at radius 3 is 2.75 bits per heavy atom. The van der Waals surface area contributed by atoms with Gasteiger partial charge in [-0.25, -0.2) is 0 Å². The summed E-state index contributed by atoms with van der Waals surface area (Å²) < 4.78 is 0. The first kappa shape index (κ1) is 8.76. The van der Waals surface area contributed by atoms with E-state index in [1.807, 2.05) is 11.3 Å². The highest BCUT2D eigenvalue weighted by Gasteiger charge is 2.35. The summed E-state index contributed by atoms with van der Waals surface area (Å²) in [5.41, 5.74) is 0.616. The van der Waals surface area contributed by atoms with Crippen LogP contribution in [0.1, 0.15) is 24.1 Å². The molecule has 1 aliphatic carbocycles. The summed E-state index contributed by atoms with van der Waals surface area (Å²) in [7, 11) is 0. The Bertz CT molecular complexity index is 231. The Balaban J connectivity index is 2.01. The Labute approximate surface area is 86.1 Å². The molecule has 0 saturated heterocycles. The molecule has 0 unspecified atom stereocenters. The lowest BCUT2D eigenvalue weighted by Crippen LogP contribution is -2.33. The molecule has 1 fully saturated rings. The zero-order valence-electron chi connectivity index (χ0n) is 7.05. The Morgan fingerprint density at radius 2 is 2.33 bits per heavy atom. The zero-order chi connectivity index (χ0) is 8.44. The standard InChI is InChI=1S/C10H13BrS/c11-8-10(4-2-5-10)7-9-3-1-6-12-9/h1,3,6H,2,4-5,7-8H2. The van der Waals surface area contributed by atoms with Crippen molar-refractivity contribution in [2.45, 2.75) is 25.7 Å². The second-order valence-electron chi connectivity index (χ2n) is 3.74. The highest BCUT2D eigenvalue weighted by Crippen LogP contribution is 2.45. The van der Waals surface area contributed by atoms with Gasteiger partial charge < -0.3 is 0 Å². The number of rotatable bonds is 3. The van der Waals surface area contributed by atoms with Crippen molar-refractivity contribution in [3.05, 3.63) is 22.4 Å². The largest absolute Gasteiger partial charge is 0.149 e. The third-order valence-electron chi connectivity index (χ3n) is 2.83. The van der Waals surface area contributed by atoms with Gasteiger partial charge in [-0.2, -0.15) is 0 Å². The predicted molar refractivity (Wildman–Crippen MR) is 58.1 cm³/mol. The normalized spacial score (nSPS) is 20.4. The first-order valence-corrected chi connectivity index (χ1v) is 6.43. The van der Waals surface area contributed by atoms with Crippen LogP contribution in [-0.2, 0) is 6.42 Å². The summed E-state index contributed by atoms with van der Waals surface area (Å²) in [5.74, 6) is 0. The fraction of sp³-hybridized carbons (Fsp3) is 0.600. The van der Waals surface area contributed by atoms with E-state index in [1.165, 1.54) is 31.0 Å². The van der Waals surface area contributed by atoms with Crippen LogP contribution in [0.2, 0.25) is 0 Å². The molecule has 0 radical (unpaired) electrons. The van der Waals surface area contributed by atoms with Gasteiger partial charge in [0.25, 0.3) is 0 Å². The average molecular weight is 245 g/mol. The van der Waals surface area contributed by atoms with Crippen molar-refractivity contribution in [1.82, 2.24) is 0 Å². The highest BCUT2D eigenvalue weighted by molar-refractivity contribution is 9.09. The minimum absolute atomic E-state index is 0.616. The maximum Gasteiger partial charge on any atom is 0.00914 e. The fourth-order valence-corrected chi connectivity index (χ4v) is 3.45. The second kappa shape index (κ2) is 3.51. The van der Waals surface area contributed by atoms with Crippen LogP contribution in [0.15, 0.2) is 17.5 Å². The van der Waals surface area contributed by atoms with Crippen molar-refractivity contribution in [2.24, 2.45) is 5.41 Å². The first-order chi connectivity index (χ1) is 5.85. The smallest absolute Gasteiger partial charge is 0.00914 e. The highest BCUT2D eigenvalue weighted by atomic mass is 79.9. The van der Waals surface area contributed by atoms with Crippen molar-refractivity contribution in [1.29, 1.82) is 0 Å². The molecule has 0 nitrogen and oxygen atoms in total. The van der Waals surface area contributed by atoms with Gasteiger partial charge in [-0.3, -0.25) is 0 Å². The molecule has 12 heavy (non-hydrogen) atoms. The number of alkyl halides is 1. The van der Waals surface area contributed by atoms with Gasteiger partial charge in [0.1, 0.15) is 0 Å². The van der Waals surface area contributed by atoms with Crippen LogP contribution in [0.25, 0.3) is 0 Å². The van der Waals surface area contributed by atoms with E-state index in [9.17, 15) is 0 Å². The molecule has 66 valence electrons. The van der Waals surface area contributed by atoms with Crippen LogP contribution in [0.5, 0.6) is 0 Å². The van der Waals surface area contributed by atoms with Crippen LogP contribution in [-0.4, -0.2) is 5.33 Å². The van der Waals surface area contributed by atoms with Crippen molar-refractivity contribution < 1.29 is 0 Å². The SMILES string of the molecule is BrCC1(Cc2cccs2)CCC1. The van der Waals surface area contributed by atoms with Crippen LogP contribution < -0.4 is 0 Å². The summed E-state index contributed by atoms with van der Waals surface area (Å²) in [5, 5.41) is 3.35. The minimum atomic E-state index is 0.616. The molecule has 1 aliphatic rings. The van der Waals surface area contributed by atoms with Crippen LogP contribution in [0.3, 0.4) is 0 Å². The molecule has 0 amide bonds. The van der Waals surface area contributed by atoms with E-state index in [2.05, 4.69) is 33.4 Å². The van der Waals surface area contributed by atoms with Crippen LogP contribution >= 0.6 is 27.3 Å². The molecule has 2 rings (SSSR count). The van der Waals surface area contributed by atoms with Crippen LogP contribution in [0.4, 0.5) is 0 Å². The summed E-state index contributed by atoms with van der Waals surface area (Å²) >= 11 is 5.53. The van der Waals surface area contributed by atoms with Gasteiger partial charge in [0.15, 0.2) is 0 Å². The number of hydrogen-bond donors (Lipinski definition) is 0. The van der Waals surface area contributed by atoms with Crippen molar-refractivity contribution >= 4 is 27.3 Å². The van der Waals surface area contributed by atoms with Crippen molar-refractivity contribution in [3.63, 3.8) is 0 Å². The number of hydrogen-bond acceptors (Lipinski definition) is 1. The average Bonchev–Trinajstić information content (AvgIpc) is 2.49. The summed E-state index contributed by atoms with van der Waals surface area (Å²) in [6, 6.07) is 4.41. The maximum absolute atomic E-state index is 3.63. The molecular formula is C10H13BrS. The monoisotopic (exact) mass is 244 g/mol. The molecule has 0 aromatic carbocycles. The van der Waals surface area contributed by atoms with Gasteiger partial charge >= 0.3 is 0 Å². The first-order valence-electron chi connectivity index (χ1n) is 4.43. The van der Waals surface area contributed by atoms with Gasteiger partial charge in [-0.15, -0.1) is 11.3 Å². The minimum Gasteiger partial charge on any atom is -0.149 e. The van der Waals surface area contributed by atoms with Gasteiger partial charge in [0.05, 0.1) is 0 Å². The van der Waals surface area contributed by atoms with Crippen molar-refractivity contribution in [3.8, 4) is 0 Å². The molecule has 1 heterocycles. The predicted octanol–water partition coefficient (Wildman–Crippen LogP) is 3.86. The molecule has 1 aromatic heterocycles. The number of thiophene rings is 1. The molecule has 0 aliphatic heterocycles. The van der Waals surface area contributed by atoms with Gasteiger partial charge in [0, 0.05) is 10.2 Å². The Morgan fingerprint density at radius 1 is 1.50 bits per heavy atom. The molecule has 1 saturated carbocycles. The van der Waals surface area contributed by atoms with E-state index in [-0.39, 0.29) is 0 Å². The molecule has 0 atom stereocenters. The Hall–Kier alpha value is 0.180. The van der Waals surface area contributed by atoms with Crippen molar-refractivity contribution in [2.75, 3.05) is 5.33 Å². The van der Waals surface area contributed by atoms with Gasteiger partial charge in [-0.1, -0.05) is 28.4 Å². The molecule has 0 N–H and O–H groups in total. The molecule has 0 bridgehead atoms. The van der Waals surface area contributed by atoms with E-state index < -0.39 is 0 Å². The van der Waals surface area contributed by atoms with E-state index >= 15 is 0 Å². The van der Waals surface area contributed by atoms with Gasteiger partial charge in [0.2, 0.25) is 0 Å². The third-order valence-corrected chi connectivity index (χ3v) is 4.89. The van der Waals surface area contributed by atoms with Gasteiger partial charge in [-0.05, 0) is 36.1 Å².